The van der Waals surface area contributed by atoms with Crippen molar-refractivity contribution in [2.45, 2.75) is 44.1 Å². The second-order valence-corrected chi connectivity index (χ2v) is 9.75. The van der Waals surface area contributed by atoms with Gasteiger partial charge in [0.2, 0.25) is 0 Å². The third-order valence-electron chi connectivity index (χ3n) is 5.22. The summed E-state index contributed by atoms with van der Waals surface area (Å²) in [6.07, 6.45) is 4.10. The first kappa shape index (κ1) is 18.5. The van der Waals surface area contributed by atoms with Crippen molar-refractivity contribution in [3.63, 3.8) is 0 Å². The molecule has 5 nitrogen and oxygen atoms in total. The van der Waals surface area contributed by atoms with Crippen LogP contribution in [0.4, 0.5) is 0 Å². The molecule has 2 fully saturated rings. The summed E-state index contributed by atoms with van der Waals surface area (Å²) in [5, 5.41) is 7.28. The van der Waals surface area contributed by atoms with Crippen LogP contribution in [-0.4, -0.2) is 45.0 Å². The second-order valence-electron chi connectivity index (χ2n) is 7.08. The summed E-state index contributed by atoms with van der Waals surface area (Å²) in [4.78, 5) is 4.78. The zero-order valence-corrected chi connectivity index (χ0v) is 16.2. The van der Waals surface area contributed by atoms with Gasteiger partial charge in [0, 0.05) is 23.0 Å². The van der Waals surface area contributed by atoms with E-state index in [0.717, 1.165) is 24.4 Å². The Balaban J connectivity index is 1.70. The number of nitrogens with one attached hydrogen (secondary N) is 2. The molecule has 0 spiro atoms. The van der Waals surface area contributed by atoms with Crippen molar-refractivity contribution in [3.05, 3.63) is 34.9 Å². The first-order valence-electron chi connectivity index (χ1n) is 8.94. The van der Waals surface area contributed by atoms with Gasteiger partial charge in [0.05, 0.1) is 18.1 Å². The molecule has 7 heteroatoms. The lowest BCUT2D eigenvalue weighted by atomic mass is 9.64. The van der Waals surface area contributed by atoms with Crippen LogP contribution in [0.3, 0.4) is 0 Å². The van der Waals surface area contributed by atoms with Crippen LogP contribution in [0.25, 0.3) is 0 Å². The fourth-order valence-corrected chi connectivity index (χ4v) is 5.40. The summed E-state index contributed by atoms with van der Waals surface area (Å²) in [5.74, 6) is 1.17. The van der Waals surface area contributed by atoms with Crippen molar-refractivity contribution in [1.82, 2.24) is 10.6 Å². The quantitative estimate of drug-likeness (QED) is 0.605. The molecule has 1 aliphatic heterocycles. The second kappa shape index (κ2) is 7.54. The van der Waals surface area contributed by atoms with E-state index in [1.807, 2.05) is 19.1 Å². The predicted octanol–water partition coefficient (Wildman–Crippen LogP) is 2.50. The van der Waals surface area contributed by atoms with E-state index >= 15 is 0 Å². The molecule has 0 radical (unpaired) electrons. The summed E-state index contributed by atoms with van der Waals surface area (Å²) in [5.41, 5.74) is 1.36. The first-order chi connectivity index (χ1) is 11.9. The van der Waals surface area contributed by atoms with Crippen molar-refractivity contribution in [3.8, 4) is 0 Å². The number of nitrogens with zero attached hydrogens (tertiary/aromatic N) is 1. The zero-order chi connectivity index (χ0) is 17.9. The standard InChI is InChI=1S/C18H26ClN3O2S/c1-2-20-17(22-16-8-11-25(23,24)12-16)21-13-18(9-3-10-18)14-4-6-15(19)7-5-14/h4-7,16H,2-3,8-13H2,1H3,(H2,20,21,22). The maximum absolute atomic E-state index is 11.7. The Bertz CT molecular complexity index is 727. The highest BCUT2D eigenvalue weighted by Crippen LogP contribution is 2.44. The minimum atomic E-state index is -2.90. The van der Waals surface area contributed by atoms with Crippen molar-refractivity contribution < 1.29 is 8.42 Å². The smallest absolute Gasteiger partial charge is 0.191 e. The minimum Gasteiger partial charge on any atom is -0.357 e. The molecule has 1 heterocycles. The van der Waals surface area contributed by atoms with Crippen LogP contribution in [0, 0.1) is 0 Å². The molecule has 138 valence electrons. The molecular weight excluding hydrogens is 358 g/mol. The van der Waals surface area contributed by atoms with Gasteiger partial charge in [-0.15, -0.1) is 0 Å². The molecule has 0 aromatic heterocycles. The maximum atomic E-state index is 11.7. The van der Waals surface area contributed by atoms with Crippen LogP contribution >= 0.6 is 11.6 Å². The Morgan fingerprint density at radius 3 is 2.56 bits per heavy atom. The number of guanidine groups is 1. The van der Waals surface area contributed by atoms with Gasteiger partial charge in [-0.05, 0) is 43.9 Å². The minimum absolute atomic E-state index is 0.0457. The van der Waals surface area contributed by atoms with E-state index in [-0.39, 0.29) is 23.0 Å². The average molecular weight is 384 g/mol. The van der Waals surface area contributed by atoms with Crippen LogP contribution in [-0.2, 0) is 15.3 Å². The maximum Gasteiger partial charge on any atom is 0.191 e. The summed E-state index contributed by atoms with van der Waals surface area (Å²) in [6, 6.07) is 8.03. The molecule has 2 N–H and O–H groups in total. The van der Waals surface area contributed by atoms with E-state index in [4.69, 9.17) is 16.6 Å². The van der Waals surface area contributed by atoms with E-state index in [1.165, 1.54) is 12.0 Å². The summed E-state index contributed by atoms with van der Waals surface area (Å²) in [6.45, 7) is 3.46. The normalized spacial score (nSPS) is 24.6. The summed E-state index contributed by atoms with van der Waals surface area (Å²) in [7, 11) is -2.90. The third-order valence-corrected chi connectivity index (χ3v) is 7.24. The third kappa shape index (κ3) is 4.47. The highest BCUT2D eigenvalue weighted by Gasteiger charge is 2.38. The number of halogens is 1. The largest absolute Gasteiger partial charge is 0.357 e. The SMILES string of the molecule is CCNC(=NCC1(c2ccc(Cl)cc2)CCC1)NC1CCS(=O)(=O)C1. The van der Waals surface area contributed by atoms with E-state index in [2.05, 4.69) is 22.8 Å². The van der Waals surface area contributed by atoms with E-state index < -0.39 is 9.84 Å². The van der Waals surface area contributed by atoms with Crippen molar-refractivity contribution >= 4 is 27.4 Å². The molecule has 2 aliphatic rings. The van der Waals surface area contributed by atoms with Gasteiger partial charge in [-0.1, -0.05) is 30.2 Å². The Labute approximate surface area is 155 Å². The van der Waals surface area contributed by atoms with Crippen LogP contribution in [0.15, 0.2) is 29.3 Å². The van der Waals surface area contributed by atoms with Gasteiger partial charge < -0.3 is 10.6 Å². The Morgan fingerprint density at radius 2 is 2.04 bits per heavy atom. The molecule has 1 unspecified atom stereocenters. The fraction of sp³-hybridized carbons (Fsp3) is 0.611. The number of hydrogen-bond acceptors (Lipinski definition) is 3. The van der Waals surface area contributed by atoms with Crippen LogP contribution in [0.2, 0.25) is 5.02 Å². The van der Waals surface area contributed by atoms with Gasteiger partial charge in [-0.3, -0.25) is 4.99 Å². The predicted molar refractivity (Wildman–Crippen MR) is 103 cm³/mol. The molecule has 0 amide bonds. The van der Waals surface area contributed by atoms with Crippen LogP contribution < -0.4 is 10.6 Å². The van der Waals surface area contributed by atoms with Crippen molar-refractivity contribution in [2.75, 3.05) is 24.6 Å². The topological polar surface area (TPSA) is 70.6 Å². The monoisotopic (exact) mass is 383 g/mol. The van der Waals surface area contributed by atoms with Gasteiger partial charge in [0.1, 0.15) is 0 Å². The molecule has 1 saturated heterocycles. The molecule has 25 heavy (non-hydrogen) atoms. The lowest BCUT2D eigenvalue weighted by molar-refractivity contribution is 0.253. The number of hydrogen-bond donors (Lipinski definition) is 2. The molecular formula is C18H26ClN3O2S. The van der Waals surface area contributed by atoms with Gasteiger partial charge in [0.25, 0.3) is 0 Å². The van der Waals surface area contributed by atoms with Crippen LogP contribution in [0.5, 0.6) is 0 Å². The highest BCUT2D eigenvalue weighted by molar-refractivity contribution is 7.91. The van der Waals surface area contributed by atoms with E-state index in [0.29, 0.717) is 18.9 Å². The van der Waals surface area contributed by atoms with Crippen molar-refractivity contribution in [2.24, 2.45) is 4.99 Å². The molecule has 1 aliphatic carbocycles. The van der Waals surface area contributed by atoms with Gasteiger partial charge in [0.15, 0.2) is 15.8 Å². The summed E-state index contributed by atoms with van der Waals surface area (Å²) < 4.78 is 23.3. The molecule has 1 aromatic rings. The molecule has 0 bridgehead atoms. The first-order valence-corrected chi connectivity index (χ1v) is 11.1. The average Bonchev–Trinajstić information content (AvgIpc) is 2.87. The van der Waals surface area contributed by atoms with E-state index in [1.54, 1.807) is 0 Å². The Hall–Kier alpha value is -1.27. The lowest BCUT2D eigenvalue weighted by Crippen LogP contribution is -2.45. The highest BCUT2D eigenvalue weighted by atomic mass is 35.5. The zero-order valence-electron chi connectivity index (χ0n) is 14.6. The number of aliphatic imine (C=N–C) groups is 1. The number of sulfone groups is 1. The Morgan fingerprint density at radius 1 is 1.32 bits per heavy atom. The van der Waals surface area contributed by atoms with E-state index in [9.17, 15) is 8.42 Å². The Kier molecular flexibility index (Phi) is 5.58. The van der Waals surface area contributed by atoms with Crippen LogP contribution in [0.1, 0.15) is 38.2 Å². The molecule has 1 saturated carbocycles. The number of benzene rings is 1. The molecule has 1 atom stereocenters. The molecule has 1 aromatic carbocycles. The number of rotatable bonds is 5. The van der Waals surface area contributed by atoms with Gasteiger partial charge in [-0.2, -0.15) is 0 Å². The van der Waals surface area contributed by atoms with Crippen molar-refractivity contribution in [1.29, 1.82) is 0 Å². The summed E-state index contributed by atoms with van der Waals surface area (Å²) >= 11 is 6.01. The molecule has 3 rings (SSSR count). The van der Waals surface area contributed by atoms with Gasteiger partial charge in [-0.25, -0.2) is 8.42 Å². The lowest BCUT2D eigenvalue weighted by Gasteiger charge is -2.41. The van der Waals surface area contributed by atoms with Gasteiger partial charge >= 0.3 is 0 Å². The fourth-order valence-electron chi connectivity index (χ4n) is 3.60.